The molecule has 1 unspecified atom stereocenters. The summed E-state index contributed by atoms with van der Waals surface area (Å²) in [4.78, 5) is 15.1. The van der Waals surface area contributed by atoms with Crippen LogP contribution in [0.2, 0.25) is 5.02 Å². The van der Waals surface area contributed by atoms with E-state index in [1.807, 2.05) is 17.0 Å². The summed E-state index contributed by atoms with van der Waals surface area (Å²) in [6, 6.07) is 19.6. The Labute approximate surface area is 164 Å². The first kappa shape index (κ1) is 17.7. The number of carbonyl (C=O) groups excluding carboxylic acids is 1. The van der Waals surface area contributed by atoms with E-state index in [1.54, 1.807) is 12.1 Å². The second-order valence-corrected chi connectivity index (χ2v) is 7.37. The third kappa shape index (κ3) is 3.71. The number of urea groups is 1. The van der Waals surface area contributed by atoms with Gasteiger partial charge in [0.2, 0.25) is 0 Å². The van der Waals surface area contributed by atoms with Gasteiger partial charge >= 0.3 is 6.03 Å². The van der Waals surface area contributed by atoms with E-state index in [1.165, 1.54) is 5.56 Å². The van der Waals surface area contributed by atoms with Crippen LogP contribution in [0.25, 0.3) is 0 Å². The molecule has 4 rings (SSSR count). The average Bonchev–Trinajstić information content (AvgIpc) is 3.01. The molecule has 2 aromatic carbocycles. The lowest BCUT2D eigenvalue weighted by atomic mass is 10.0. The minimum Gasteiger partial charge on any atom is -0.349 e. The van der Waals surface area contributed by atoms with Gasteiger partial charge in [0, 0.05) is 35.7 Å². The molecular formula is C22H22ClN3O. The molecule has 0 spiro atoms. The zero-order chi connectivity index (χ0) is 18.8. The van der Waals surface area contributed by atoms with E-state index in [0.717, 1.165) is 24.2 Å². The van der Waals surface area contributed by atoms with Crippen molar-refractivity contribution in [1.82, 2.24) is 9.47 Å². The number of aromatic nitrogens is 1. The highest BCUT2D eigenvalue weighted by atomic mass is 35.5. The van der Waals surface area contributed by atoms with E-state index in [9.17, 15) is 4.79 Å². The van der Waals surface area contributed by atoms with Gasteiger partial charge in [-0.25, -0.2) is 4.79 Å². The minimum atomic E-state index is -0.124. The van der Waals surface area contributed by atoms with E-state index in [-0.39, 0.29) is 12.1 Å². The second kappa shape index (κ2) is 7.49. The Balaban J connectivity index is 1.71. The van der Waals surface area contributed by atoms with Crippen LogP contribution in [0.15, 0.2) is 66.9 Å². The molecule has 5 heteroatoms. The van der Waals surface area contributed by atoms with Gasteiger partial charge in [0.15, 0.2) is 0 Å². The maximum absolute atomic E-state index is 13.2. The molecule has 1 atom stereocenters. The molecule has 138 valence electrons. The number of nitrogens with zero attached hydrogens (tertiary/aromatic N) is 2. The minimum absolute atomic E-state index is 0.113. The number of hydrogen-bond acceptors (Lipinski definition) is 1. The fraction of sp³-hybridized carbons (Fsp3) is 0.227. The monoisotopic (exact) mass is 379 g/mol. The van der Waals surface area contributed by atoms with Gasteiger partial charge in [-0.3, -0.25) is 0 Å². The van der Waals surface area contributed by atoms with E-state index < -0.39 is 0 Å². The van der Waals surface area contributed by atoms with E-state index in [2.05, 4.69) is 59.4 Å². The second-order valence-electron chi connectivity index (χ2n) is 6.93. The highest BCUT2D eigenvalue weighted by molar-refractivity contribution is 6.30. The highest BCUT2D eigenvalue weighted by Gasteiger charge is 2.30. The number of nitrogens with one attached hydrogen (secondary N) is 1. The fourth-order valence-corrected chi connectivity index (χ4v) is 3.94. The third-order valence-corrected chi connectivity index (χ3v) is 5.18. The van der Waals surface area contributed by atoms with E-state index in [0.29, 0.717) is 17.3 Å². The summed E-state index contributed by atoms with van der Waals surface area (Å²) >= 11 is 6.07. The number of amides is 2. The van der Waals surface area contributed by atoms with Gasteiger partial charge in [-0.05, 0) is 49.2 Å². The van der Waals surface area contributed by atoms with Crippen LogP contribution in [-0.4, -0.2) is 22.0 Å². The van der Waals surface area contributed by atoms with Crippen molar-refractivity contribution in [3.63, 3.8) is 0 Å². The Hall–Kier alpha value is -2.72. The molecule has 1 N–H and O–H groups in total. The van der Waals surface area contributed by atoms with Gasteiger partial charge in [0.1, 0.15) is 0 Å². The lowest BCUT2D eigenvalue weighted by molar-refractivity contribution is 0.199. The topological polar surface area (TPSA) is 37.3 Å². The van der Waals surface area contributed by atoms with Crippen molar-refractivity contribution in [1.29, 1.82) is 0 Å². The first-order valence-corrected chi connectivity index (χ1v) is 9.54. The molecular weight excluding hydrogens is 358 g/mol. The van der Waals surface area contributed by atoms with Gasteiger partial charge in [-0.1, -0.05) is 47.5 Å². The normalized spacial score (nSPS) is 16.5. The summed E-state index contributed by atoms with van der Waals surface area (Å²) in [5.41, 5.74) is 4.15. The van der Waals surface area contributed by atoms with Crippen molar-refractivity contribution < 1.29 is 4.79 Å². The Morgan fingerprint density at radius 1 is 1.07 bits per heavy atom. The molecule has 1 aliphatic heterocycles. The number of rotatable bonds is 2. The lowest BCUT2D eigenvalue weighted by Gasteiger charge is -2.31. The summed E-state index contributed by atoms with van der Waals surface area (Å²) in [5, 5.41) is 3.62. The number of carbonyl (C=O) groups is 1. The summed E-state index contributed by atoms with van der Waals surface area (Å²) < 4.78 is 2.25. The van der Waals surface area contributed by atoms with Crippen LogP contribution in [0, 0.1) is 6.92 Å². The van der Waals surface area contributed by atoms with Gasteiger partial charge in [0.25, 0.3) is 0 Å². The lowest BCUT2D eigenvalue weighted by Crippen LogP contribution is -2.38. The number of fused-ring (bicyclic) bond motifs is 1. The number of anilines is 1. The molecule has 0 radical (unpaired) electrons. The molecule has 2 heterocycles. The molecule has 1 aliphatic rings. The van der Waals surface area contributed by atoms with Gasteiger partial charge in [-0.15, -0.1) is 0 Å². The number of hydrogen-bond donors (Lipinski definition) is 1. The molecule has 0 saturated heterocycles. The molecule has 0 aliphatic carbocycles. The summed E-state index contributed by atoms with van der Waals surface area (Å²) in [6.07, 6.45) is 3.00. The number of aryl methyl sites for hydroxylation is 2. The van der Waals surface area contributed by atoms with Crippen LogP contribution in [0.4, 0.5) is 10.5 Å². The number of benzene rings is 2. The quantitative estimate of drug-likeness (QED) is 0.629. The van der Waals surface area contributed by atoms with Crippen molar-refractivity contribution in [2.45, 2.75) is 25.9 Å². The molecule has 27 heavy (non-hydrogen) atoms. The van der Waals surface area contributed by atoms with Crippen molar-refractivity contribution >= 4 is 23.3 Å². The van der Waals surface area contributed by atoms with Crippen LogP contribution in [0.5, 0.6) is 0 Å². The van der Waals surface area contributed by atoms with Crippen LogP contribution in [-0.2, 0) is 6.54 Å². The van der Waals surface area contributed by atoms with E-state index in [4.69, 9.17) is 11.6 Å². The highest BCUT2D eigenvalue weighted by Crippen LogP contribution is 2.33. The Kier molecular flexibility index (Phi) is 4.90. The van der Waals surface area contributed by atoms with Crippen molar-refractivity contribution in [3.8, 4) is 0 Å². The van der Waals surface area contributed by atoms with Crippen molar-refractivity contribution in [2.24, 2.45) is 0 Å². The predicted molar refractivity (Wildman–Crippen MR) is 109 cm³/mol. The van der Waals surface area contributed by atoms with E-state index >= 15 is 0 Å². The maximum atomic E-state index is 13.2. The van der Waals surface area contributed by atoms with Crippen LogP contribution >= 0.6 is 11.6 Å². The maximum Gasteiger partial charge on any atom is 0.322 e. The third-order valence-electron chi connectivity index (χ3n) is 4.95. The summed E-state index contributed by atoms with van der Waals surface area (Å²) in [5.74, 6) is 0. The number of halogens is 1. The largest absolute Gasteiger partial charge is 0.349 e. The first-order chi connectivity index (χ1) is 13.1. The predicted octanol–water partition coefficient (Wildman–Crippen LogP) is 5.48. The Morgan fingerprint density at radius 3 is 2.74 bits per heavy atom. The Bertz CT molecular complexity index is 965. The molecule has 2 amide bonds. The molecule has 1 aromatic heterocycles. The average molecular weight is 380 g/mol. The van der Waals surface area contributed by atoms with Crippen molar-refractivity contribution in [2.75, 3.05) is 11.9 Å². The zero-order valence-electron chi connectivity index (χ0n) is 15.2. The molecule has 0 fully saturated rings. The SMILES string of the molecule is Cc1cccc(C2c3cccn3CCCN2C(=O)Nc2cccc(Cl)c2)c1. The van der Waals surface area contributed by atoms with Gasteiger partial charge < -0.3 is 14.8 Å². The summed E-state index contributed by atoms with van der Waals surface area (Å²) in [7, 11) is 0. The summed E-state index contributed by atoms with van der Waals surface area (Å²) in [6.45, 7) is 3.67. The Morgan fingerprint density at radius 2 is 1.93 bits per heavy atom. The van der Waals surface area contributed by atoms with Gasteiger partial charge in [-0.2, -0.15) is 0 Å². The zero-order valence-corrected chi connectivity index (χ0v) is 16.0. The standard InChI is InChI=1S/C22H22ClN3O/c1-16-6-2-7-17(14-16)21-20-10-4-11-25(20)12-5-13-26(21)22(27)24-19-9-3-8-18(23)15-19/h2-4,6-11,14-15,21H,5,12-13H2,1H3,(H,24,27). The molecule has 4 nitrogen and oxygen atoms in total. The molecule has 3 aromatic rings. The van der Waals surface area contributed by atoms with Crippen LogP contribution in [0.3, 0.4) is 0 Å². The first-order valence-electron chi connectivity index (χ1n) is 9.16. The van der Waals surface area contributed by atoms with Crippen molar-refractivity contribution in [3.05, 3.63) is 88.7 Å². The van der Waals surface area contributed by atoms with Crippen LogP contribution < -0.4 is 5.32 Å². The molecule has 0 bridgehead atoms. The van der Waals surface area contributed by atoms with Crippen LogP contribution in [0.1, 0.15) is 29.3 Å². The smallest absolute Gasteiger partial charge is 0.322 e. The fourth-order valence-electron chi connectivity index (χ4n) is 3.75. The molecule has 0 saturated carbocycles. The van der Waals surface area contributed by atoms with Gasteiger partial charge in [0.05, 0.1) is 6.04 Å².